The number of rotatable bonds is 2. The van der Waals surface area contributed by atoms with Crippen molar-refractivity contribution >= 4 is 5.91 Å². The second-order valence-electron chi connectivity index (χ2n) is 6.45. The number of nitrogens with zero attached hydrogens (tertiary/aromatic N) is 3. The summed E-state index contributed by atoms with van der Waals surface area (Å²) in [5.74, 6) is 6.14. The highest BCUT2D eigenvalue weighted by atomic mass is 16.5. The summed E-state index contributed by atoms with van der Waals surface area (Å²) in [6, 6.07) is 7.41. The van der Waals surface area contributed by atoms with Crippen molar-refractivity contribution < 1.29 is 14.6 Å². The highest BCUT2D eigenvalue weighted by molar-refractivity contribution is 5.93. The molecule has 2 heterocycles. The van der Waals surface area contributed by atoms with Gasteiger partial charge in [-0.2, -0.15) is 5.26 Å². The number of aliphatic hydroxyl groups is 1. The molecule has 0 fully saturated rings. The van der Waals surface area contributed by atoms with Crippen LogP contribution in [0, 0.1) is 23.2 Å². The Morgan fingerprint density at radius 3 is 2.92 bits per heavy atom. The van der Waals surface area contributed by atoms with Gasteiger partial charge >= 0.3 is 0 Å². The van der Waals surface area contributed by atoms with Crippen LogP contribution in [-0.2, 0) is 13.0 Å². The highest BCUT2D eigenvalue weighted by Gasteiger charge is 2.25. The topological polar surface area (TPSA) is 114 Å². The number of fused-ring (bicyclic) bond motifs is 3. The van der Waals surface area contributed by atoms with Crippen molar-refractivity contribution in [2.24, 2.45) is 5.73 Å². The molecule has 1 aliphatic rings. The molecule has 0 aliphatic carbocycles. The molecule has 3 rings (SSSR count). The van der Waals surface area contributed by atoms with Crippen LogP contribution in [0.2, 0.25) is 0 Å². The molecule has 1 amide bonds. The summed E-state index contributed by atoms with van der Waals surface area (Å²) in [6.45, 7) is 4.03. The van der Waals surface area contributed by atoms with Gasteiger partial charge in [0, 0.05) is 5.56 Å². The standard InChI is InChI=1S/C19H18N4O3/c1-19(2,25)7-5-12-3-4-15-13(11-12)18-22-16(17(21)24)14(6-8-20)23(18)9-10-26-15/h3-4,11,25H,6,9-10H2,1-2H3,(H2,21,24). The largest absolute Gasteiger partial charge is 0.491 e. The zero-order valence-corrected chi connectivity index (χ0v) is 14.5. The Morgan fingerprint density at radius 1 is 1.50 bits per heavy atom. The van der Waals surface area contributed by atoms with Gasteiger partial charge in [0.05, 0.1) is 30.3 Å². The van der Waals surface area contributed by atoms with Crippen molar-refractivity contribution in [2.75, 3.05) is 6.61 Å². The number of hydrogen-bond acceptors (Lipinski definition) is 5. The fourth-order valence-corrected chi connectivity index (χ4v) is 2.76. The average molecular weight is 350 g/mol. The molecule has 3 N–H and O–H groups in total. The van der Waals surface area contributed by atoms with E-state index in [4.69, 9.17) is 15.7 Å². The molecule has 0 bridgehead atoms. The summed E-state index contributed by atoms with van der Waals surface area (Å²) in [7, 11) is 0. The van der Waals surface area contributed by atoms with E-state index in [1.165, 1.54) is 0 Å². The molecule has 1 aliphatic heterocycles. The normalized spacial score (nSPS) is 12.5. The van der Waals surface area contributed by atoms with Gasteiger partial charge in [-0.1, -0.05) is 11.8 Å². The molecule has 0 saturated carbocycles. The van der Waals surface area contributed by atoms with Crippen LogP contribution in [0.15, 0.2) is 18.2 Å². The van der Waals surface area contributed by atoms with Crippen molar-refractivity contribution in [1.82, 2.24) is 9.55 Å². The summed E-state index contributed by atoms with van der Waals surface area (Å²) in [4.78, 5) is 16.1. The van der Waals surface area contributed by atoms with Gasteiger partial charge in [0.15, 0.2) is 5.69 Å². The average Bonchev–Trinajstić information content (AvgIpc) is 2.82. The Hall–Kier alpha value is -3.29. The molecule has 0 radical (unpaired) electrons. The molecule has 7 heteroatoms. The number of primary amides is 1. The van der Waals surface area contributed by atoms with Crippen molar-refractivity contribution in [2.45, 2.75) is 32.4 Å². The Balaban J connectivity index is 2.18. The third kappa shape index (κ3) is 3.39. The Labute approximate surface area is 151 Å². The highest BCUT2D eigenvalue weighted by Crippen LogP contribution is 2.34. The smallest absolute Gasteiger partial charge is 0.269 e. The number of hydrogen-bond donors (Lipinski definition) is 2. The molecule has 132 valence electrons. The van der Waals surface area contributed by atoms with Gasteiger partial charge in [-0.15, -0.1) is 0 Å². The molecule has 0 spiro atoms. The van der Waals surface area contributed by atoms with E-state index in [1.54, 1.807) is 36.6 Å². The fourth-order valence-electron chi connectivity index (χ4n) is 2.76. The summed E-state index contributed by atoms with van der Waals surface area (Å²) < 4.78 is 7.56. The first-order valence-corrected chi connectivity index (χ1v) is 8.09. The first kappa shape index (κ1) is 17.5. The molecule has 0 unspecified atom stereocenters. The van der Waals surface area contributed by atoms with E-state index in [1.807, 2.05) is 6.07 Å². The maximum atomic E-state index is 11.7. The zero-order chi connectivity index (χ0) is 18.9. The number of nitrogens with two attached hydrogens (primary N) is 1. The molecule has 26 heavy (non-hydrogen) atoms. The van der Waals surface area contributed by atoms with Gasteiger partial charge in [-0.3, -0.25) is 4.79 Å². The summed E-state index contributed by atoms with van der Waals surface area (Å²) in [5.41, 5.74) is 6.25. The minimum Gasteiger partial charge on any atom is -0.491 e. The number of carbonyl (C=O) groups is 1. The summed E-state index contributed by atoms with van der Waals surface area (Å²) in [5, 5.41) is 18.9. The quantitative estimate of drug-likeness (QED) is 0.791. The van der Waals surface area contributed by atoms with Crippen molar-refractivity contribution in [1.29, 1.82) is 5.26 Å². The van der Waals surface area contributed by atoms with Crippen LogP contribution in [0.5, 0.6) is 5.75 Å². The lowest BCUT2D eigenvalue weighted by Gasteiger charge is -2.08. The van der Waals surface area contributed by atoms with Crippen molar-refractivity contribution in [3.05, 3.63) is 35.2 Å². The van der Waals surface area contributed by atoms with E-state index < -0.39 is 11.5 Å². The lowest BCUT2D eigenvalue weighted by Crippen LogP contribution is -2.16. The van der Waals surface area contributed by atoms with Crippen LogP contribution in [0.3, 0.4) is 0 Å². The Kier molecular flexibility index (Phi) is 4.41. The molecule has 2 aromatic rings. The minimum atomic E-state index is -1.11. The van der Waals surface area contributed by atoms with Gasteiger partial charge in [0.25, 0.3) is 5.91 Å². The second kappa shape index (κ2) is 6.55. The van der Waals surface area contributed by atoms with Gasteiger partial charge in [-0.25, -0.2) is 4.98 Å². The number of benzene rings is 1. The number of carbonyl (C=O) groups excluding carboxylic acids is 1. The van der Waals surface area contributed by atoms with Gasteiger partial charge < -0.3 is 20.1 Å². The van der Waals surface area contributed by atoms with Crippen LogP contribution in [0.1, 0.15) is 35.6 Å². The molecule has 1 aromatic heterocycles. The third-order valence-corrected chi connectivity index (χ3v) is 3.86. The van der Waals surface area contributed by atoms with Crippen molar-refractivity contribution in [3.63, 3.8) is 0 Å². The van der Waals surface area contributed by atoms with Crippen LogP contribution < -0.4 is 10.5 Å². The monoisotopic (exact) mass is 350 g/mol. The lowest BCUT2D eigenvalue weighted by molar-refractivity contribution is 0.0995. The first-order valence-electron chi connectivity index (χ1n) is 8.09. The number of ether oxygens (including phenoxy) is 1. The van der Waals surface area contributed by atoms with E-state index >= 15 is 0 Å². The van der Waals surface area contributed by atoms with E-state index in [-0.39, 0.29) is 12.1 Å². The molecular weight excluding hydrogens is 332 g/mol. The van der Waals surface area contributed by atoms with E-state index in [2.05, 4.69) is 16.8 Å². The molecule has 0 saturated heterocycles. The predicted octanol–water partition coefficient (Wildman–Crippen LogP) is 1.23. The number of amides is 1. The maximum absolute atomic E-state index is 11.7. The first-order chi connectivity index (χ1) is 12.3. The molecule has 1 aromatic carbocycles. The van der Waals surface area contributed by atoms with Crippen LogP contribution in [0.25, 0.3) is 11.4 Å². The number of nitriles is 1. The van der Waals surface area contributed by atoms with Gasteiger partial charge in [-0.05, 0) is 32.0 Å². The van der Waals surface area contributed by atoms with Crippen LogP contribution >= 0.6 is 0 Å². The number of aromatic nitrogens is 2. The van der Waals surface area contributed by atoms with E-state index in [0.717, 1.165) is 0 Å². The Morgan fingerprint density at radius 2 is 2.27 bits per heavy atom. The summed E-state index contributed by atoms with van der Waals surface area (Å²) >= 11 is 0. The molecule has 0 atom stereocenters. The maximum Gasteiger partial charge on any atom is 0.269 e. The Bertz CT molecular complexity index is 981. The van der Waals surface area contributed by atoms with Crippen molar-refractivity contribution in [3.8, 4) is 35.0 Å². The van der Waals surface area contributed by atoms with E-state index in [0.29, 0.717) is 41.5 Å². The van der Waals surface area contributed by atoms with Gasteiger partial charge in [0.1, 0.15) is 23.8 Å². The minimum absolute atomic E-state index is 0.0266. The van der Waals surface area contributed by atoms with Crippen LogP contribution in [0.4, 0.5) is 0 Å². The zero-order valence-electron chi connectivity index (χ0n) is 14.5. The van der Waals surface area contributed by atoms with E-state index in [9.17, 15) is 9.90 Å². The van der Waals surface area contributed by atoms with Crippen LogP contribution in [-0.4, -0.2) is 32.8 Å². The molecule has 7 nitrogen and oxygen atoms in total. The molecular formula is C19H18N4O3. The predicted molar refractivity (Wildman–Crippen MR) is 94.2 cm³/mol. The number of imidazole rings is 1. The summed E-state index contributed by atoms with van der Waals surface area (Å²) in [6.07, 6.45) is 0.0266. The fraction of sp³-hybridized carbons (Fsp3) is 0.316. The lowest BCUT2D eigenvalue weighted by atomic mass is 10.1. The third-order valence-electron chi connectivity index (χ3n) is 3.86. The van der Waals surface area contributed by atoms with Gasteiger partial charge in [0.2, 0.25) is 0 Å². The SMILES string of the molecule is CC(C)(O)C#Cc1ccc2c(c1)-c1nc(C(N)=O)c(CC#N)n1CCO2. The second-order valence-corrected chi connectivity index (χ2v) is 6.45.